The Bertz CT molecular complexity index is 508. The van der Waals surface area contributed by atoms with E-state index in [0.717, 1.165) is 24.1 Å². The van der Waals surface area contributed by atoms with Gasteiger partial charge >= 0.3 is 0 Å². The minimum atomic E-state index is -0.259. The molecule has 1 saturated heterocycles. The smallest absolute Gasteiger partial charge is 0.276 e. The molecule has 0 aliphatic carbocycles. The number of benzene rings is 1. The molecule has 1 fully saturated rings. The summed E-state index contributed by atoms with van der Waals surface area (Å²) in [5.41, 5.74) is 7.70. The fraction of sp³-hybridized carbons (Fsp3) is 0.600. The molecule has 1 aliphatic rings. The Kier molecular flexibility index (Phi) is 4.11. The first-order chi connectivity index (χ1) is 9.32. The summed E-state index contributed by atoms with van der Waals surface area (Å²) in [7, 11) is 0. The second kappa shape index (κ2) is 5.50. The molecule has 2 rings (SSSR count). The molecule has 2 unspecified atom stereocenters. The monoisotopic (exact) mass is 277 g/mol. The molecule has 5 heteroatoms. The van der Waals surface area contributed by atoms with Gasteiger partial charge in [0.15, 0.2) is 0 Å². The van der Waals surface area contributed by atoms with Gasteiger partial charge in [0.1, 0.15) is 0 Å². The number of hydrogen-bond donors (Lipinski definition) is 2. The maximum Gasteiger partial charge on any atom is 0.276 e. The van der Waals surface area contributed by atoms with Gasteiger partial charge in [-0.3, -0.25) is 10.1 Å². The molecule has 0 spiro atoms. The number of hydrogen-bond acceptors (Lipinski definition) is 4. The maximum absolute atomic E-state index is 11.6. The predicted molar refractivity (Wildman–Crippen MR) is 80.0 cm³/mol. The Morgan fingerprint density at radius 1 is 1.40 bits per heavy atom. The zero-order valence-electron chi connectivity index (χ0n) is 12.3. The Morgan fingerprint density at radius 3 is 2.65 bits per heavy atom. The molecule has 2 atom stereocenters. The molecular formula is C15H23N3O2. The Hall–Kier alpha value is -1.46. The summed E-state index contributed by atoms with van der Waals surface area (Å²) >= 11 is 0. The van der Waals surface area contributed by atoms with Crippen molar-refractivity contribution in [2.75, 3.05) is 13.1 Å². The largest absolute Gasteiger partial charge is 0.327 e. The lowest BCUT2D eigenvalue weighted by molar-refractivity contribution is -0.386. The van der Waals surface area contributed by atoms with Crippen molar-refractivity contribution in [3.8, 4) is 0 Å². The fourth-order valence-corrected chi connectivity index (χ4v) is 2.89. The van der Waals surface area contributed by atoms with Crippen LogP contribution in [-0.4, -0.2) is 24.1 Å². The van der Waals surface area contributed by atoms with Crippen LogP contribution in [0.25, 0.3) is 0 Å². The summed E-state index contributed by atoms with van der Waals surface area (Å²) in [6, 6.07) is 5.59. The van der Waals surface area contributed by atoms with Crippen molar-refractivity contribution in [2.45, 2.75) is 44.6 Å². The van der Waals surface area contributed by atoms with Crippen molar-refractivity contribution in [1.82, 2.24) is 5.32 Å². The van der Waals surface area contributed by atoms with Gasteiger partial charge in [-0.25, -0.2) is 0 Å². The van der Waals surface area contributed by atoms with E-state index in [0.29, 0.717) is 6.54 Å². The third-order valence-electron chi connectivity index (χ3n) is 3.99. The third-order valence-corrected chi connectivity index (χ3v) is 3.99. The topological polar surface area (TPSA) is 81.2 Å². The van der Waals surface area contributed by atoms with Gasteiger partial charge in [-0.05, 0) is 18.4 Å². The SMILES string of the molecule is CC(C)(C)c1cccc(C2CNCCC2N)c1[N+](=O)[O-]. The van der Waals surface area contributed by atoms with E-state index in [1.807, 2.05) is 39.0 Å². The molecule has 0 radical (unpaired) electrons. The zero-order chi connectivity index (χ0) is 14.9. The van der Waals surface area contributed by atoms with Crippen LogP contribution < -0.4 is 11.1 Å². The number of nitrogens with zero attached hydrogens (tertiary/aromatic N) is 1. The van der Waals surface area contributed by atoms with Gasteiger partial charge < -0.3 is 11.1 Å². The molecule has 20 heavy (non-hydrogen) atoms. The average molecular weight is 277 g/mol. The summed E-state index contributed by atoms with van der Waals surface area (Å²) in [5, 5.41) is 14.9. The molecular weight excluding hydrogens is 254 g/mol. The lowest BCUT2D eigenvalue weighted by atomic mass is 9.80. The van der Waals surface area contributed by atoms with Crippen LogP contribution in [0, 0.1) is 10.1 Å². The molecule has 0 bridgehead atoms. The number of nitrogens with two attached hydrogens (primary N) is 1. The summed E-state index contributed by atoms with van der Waals surface area (Å²) < 4.78 is 0. The fourth-order valence-electron chi connectivity index (χ4n) is 2.89. The normalized spacial score (nSPS) is 23.6. The highest BCUT2D eigenvalue weighted by molar-refractivity contribution is 5.53. The van der Waals surface area contributed by atoms with Gasteiger partial charge in [0.25, 0.3) is 5.69 Å². The average Bonchev–Trinajstić information content (AvgIpc) is 2.37. The molecule has 1 heterocycles. The van der Waals surface area contributed by atoms with E-state index >= 15 is 0 Å². The van der Waals surface area contributed by atoms with Crippen LogP contribution in [0.2, 0.25) is 0 Å². The number of para-hydroxylation sites is 1. The van der Waals surface area contributed by atoms with E-state index < -0.39 is 0 Å². The second-order valence-electron chi connectivity index (χ2n) is 6.51. The van der Waals surface area contributed by atoms with Gasteiger partial charge in [0, 0.05) is 29.6 Å². The Morgan fingerprint density at radius 2 is 2.10 bits per heavy atom. The minimum Gasteiger partial charge on any atom is -0.327 e. The van der Waals surface area contributed by atoms with E-state index in [1.165, 1.54) is 0 Å². The van der Waals surface area contributed by atoms with Crippen LogP contribution in [-0.2, 0) is 5.41 Å². The van der Waals surface area contributed by atoms with Crippen molar-refractivity contribution >= 4 is 5.69 Å². The quantitative estimate of drug-likeness (QED) is 0.642. The van der Waals surface area contributed by atoms with Crippen LogP contribution >= 0.6 is 0 Å². The highest BCUT2D eigenvalue weighted by atomic mass is 16.6. The predicted octanol–water partition coefficient (Wildman–Crippen LogP) is 2.30. The van der Waals surface area contributed by atoms with Crippen LogP contribution in [0.4, 0.5) is 5.69 Å². The Balaban J connectivity index is 2.55. The number of piperidine rings is 1. The van der Waals surface area contributed by atoms with Crippen LogP contribution in [0.5, 0.6) is 0 Å². The lowest BCUT2D eigenvalue weighted by Gasteiger charge is -2.30. The first kappa shape index (κ1) is 14.9. The minimum absolute atomic E-state index is 0.00597. The van der Waals surface area contributed by atoms with Crippen molar-refractivity contribution in [3.63, 3.8) is 0 Å². The molecule has 110 valence electrons. The van der Waals surface area contributed by atoms with Gasteiger partial charge in [0.05, 0.1) is 4.92 Å². The van der Waals surface area contributed by atoms with Crippen molar-refractivity contribution in [2.24, 2.45) is 5.73 Å². The third kappa shape index (κ3) is 2.83. The molecule has 3 N–H and O–H groups in total. The number of rotatable bonds is 2. The maximum atomic E-state index is 11.6. The summed E-state index contributed by atoms with van der Waals surface area (Å²) in [5.74, 6) is 0.00597. The molecule has 1 aromatic rings. The highest BCUT2D eigenvalue weighted by Gasteiger charge is 2.33. The van der Waals surface area contributed by atoms with Crippen molar-refractivity contribution in [3.05, 3.63) is 39.4 Å². The summed E-state index contributed by atoms with van der Waals surface area (Å²) in [6.07, 6.45) is 0.849. The zero-order valence-corrected chi connectivity index (χ0v) is 12.3. The second-order valence-corrected chi connectivity index (χ2v) is 6.51. The summed E-state index contributed by atoms with van der Waals surface area (Å²) in [6.45, 7) is 7.58. The van der Waals surface area contributed by atoms with E-state index in [2.05, 4.69) is 5.32 Å². The summed E-state index contributed by atoms with van der Waals surface area (Å²) in [4.78, 5) is 11.3. The van der Waals surface area contributed by atoms with Gasteiger partial charge in [-0.1, -0.05) is 39.0 Å². The standard InChI is InChI=1S/C15H23N3O2/c1-15(2,3)12-6-4-5-10(14(12)18(19)20)11-9-17-8-7-13(11)16/h4-6,11,13,17H,7-9,16H2,1-3H3. The lowest BCUT2D eigenvalue weighted by Crippen LogP contribution is -2.43. The number of nitrogens with one attached hydrogen (secondary N) is 1. The highest BCUT2D eigenvalue weighted by Crippen LogP contribution is 2.38. The molecule has 1 aromatic carbocycles. The molecule has 0 saturated carbocycles. The number of nitro groups is 1. The van der Waals surface area contributed by atoms with E-state index in [9.17, 15) is 10.1 Å². The Labute approximate surface area is 119 Å². The van der Waals surface area contributed by atoms with Crippen molar-refractivity contribution in [1.29, 1.82) is 0 Å². The van der Waals surface area contributed by atoms with E-state index in [4.69, 9.17) is 5.73 Å². The van der Waals surface area contributed by atoms with E-state index in [-0.39, 0.29) is 28.0 Å². The first-order valence-corrected chi connectivity index (χ1v) is 7.06. The van der Waals surface area contributed by atoms with Gasteiger partial charge in [0.2, 0.25) is 0 Å². The van der Waals surface area contributed by atoms with Crippen LogP contribution in [0.1, 0.15) is 44.2 Å². The van der Waals surface area contributed by atoms with Crippen LogP contribution in [0.15, 0.2) is 18.2 Å². The molecule has 5 nitrogen and oxygen atoms in total. The van der Waals surface area contributed by atoms with Crippen molar-refractivity contribution < 1.29 is 4.92 Å². The molecule has 0 aromatic heterocycles. The number of nitro benzene ring substituents is 1. The van der Waals surface area contributed by atoms with Crippen LogP contribution in [0.3, 0.4) is 0 Å². The first-order valence-electron chi connectivity index (χ1n) is 7.06. The molecule has 1 aliphatic heterocycles. The molecule has 0 amide bonds. The van der Waals surface area contributed by atoms with Gasteiger partial charge in [-0.15, -0.1) is 0 Å². The van der Waals surface area contributed by atoms with E-state index in [1.54, 1.807) is 0 Å². The van der Waals surface area contributed by atoms with Gasteiger partial charge in [-0.2, -0.15) is 0 Å².